The molecule has 2 aliphatic carbocycles. The normalized spacial score (nSPS) is 31.5. The SMILES string of the molecule is O=C1NCCCCCCN(C(=O)C2CCC2)[C@H]2CCCC[C@@H]12. The molecular formula is C18H30N2O2. The molecule has 0 bridgehead atoms. The van der Waals surface area contributed by atoms with Crippen LogP contribution in [-0.4, -0.2) is 35.8 Å². The van der Waals surface area contributed by atoms with Crippen molar-refractivity contribution in [2.24, 2.45) is 11.8 Å². The van der Waals surface area contributed by atoms with Gasteiger partial charge in [-0.15, -0.1) is 0 Å². The third-order valence-corrected chi connectivity index (χ3v) is 5.83. The maximum atomic E-state index is 12.9. The number of nitrogens with one attached hydrogen (secondary N) is 1. The van der Waals surface area contributed by atoms with Crippen LogP contribution in [-0.2, 0) is 9.59 Å². The van der Waals surface area contributed by atoms with Crippen LogP contribution in [0.15, 0.2) is 0 Å². The summed E-state index contributed by atoms with van der Waals surface area (Å²) >= 11 is 0. The van der Waals surface area contributed by atoms with Gasteiger partial charge in [-0.1, -0.05) is 32.1 Å². The average molecular weight is 306 g/mol. The molecule has 0 aromatic carbocycles. The van der Waals surface area contributed by atoms with Gasteiger partial charge in [0.05, 0.1) is 5.92 Å². The molecule has 3 aliphatic rings. The topological polar surface area (TPSA) is 49.4 Å². The minimum atomic E-state index is 0.0240. The number of carbonyl (C=O) groups excluding carboxylic acids is 2. The Labute approximate surface area is 134 Å². The van der Waals surface area contributed by atoms with Crippen molar-refractivity contribution in [3.05, 3.63) is 0 Å². The van der Waals surface area contributed by atoms with E-state index in [9.17, 15) is 9.59 Å². The van der Waals surface area contributed by atoms with E-state index < -0.39 is 0 Å². The van der Waals surface area contributed by atoms with E-state index in [0.717, 1.165) is 70.9 Å². The van der Waals surface area contributed by atoms with Gasteiger partial charge < -0.3 is 10.2 Å². The molecule has 1 heterocycles. The lowest BCUT2D eigenvalue weighted by molar-refractivity contribution is -0.144. The number of nitrogens with zero attached hydrogens (tertiary/aromatic N) is 1. The predicted octanol–water partition coefficient (Wildman–Crippen LogP) is 2.86. The Morgan fingerprint density at radius 1 is 0.909 bits per heavy atom. The van der Waals surface area contributed by atoms with Crippen LogP contribution in [0.1, 0.15) is 70.6 Å². The number of hydrogen-bond donors (Lipinski definition) is 1. The molecule has 4 heteroatoms. The van der Waals surface area contributed by atoms with Crippen molar-refractivity contribution in [2.75, 3.05) is 13.1 Å². The summed E-state index contributed by atoms with van der Waals surface area (Å²) in [5, 5.41) is 3.12. The summed E-state index contributed by atoms with van der Waals surface area (Å²) in [6, 6.07) is 0.153. The van der Waals surface area contributed by atoms with Gasteiger partial charge in [-0.3, -0.25) is 9.59 Å². The Kier molecular flexibility index (Phi) is 5.37. The number of rotatable bonds is 1. The van der Waals surface area contributed by atoms with Gasteiger partial charge in [0.25, 0.3) is 0 Å². The second-order valence-corrected chi connectivity index (χ2v) is 7.32. The van der Waals surface area contributed by atoms with Crippen LogP contribution in [0.5, 0.6) is 0 Å². The van der Waals surface area contributed by atoms with Crippen molar-refractivity contribution in [1.29, 1.82) is 0 Å². The molecule has 1 N–H and O–H groups in total. The molecule has 3 fully saturated rings. The smallest absolute Gasteiger partial charge is 0.225 e. The van der Waals surface area contributed by atoms with Crippen LogP contribution in [0.25, 0.3) is 0 Å². The zero-order chi connectivity index (χ0) is 15.4. The standard InChI is InChI=1S/C18H30N2O2/c21-17-15-10-3-4-11-16(15)20(18(22)14-8-7-9-14)13-6-2-1-5-12-19-17/h14-16H,1-13H2,(H,19,21)/t15-,16+/m1/s1. The fourth-order valence-corrected chi connectivity index (χ4v) is 4.22. The summed E-state index contributed by atoms with van der Waals surface area (Å²) in [6.07, 6.45) is 12.0. The molecule has 2 atom stereocenters. The summed E-state index contributed by atoms with van der Waals surface area (Å²) in [4.78, 5) is 27.6. The summed E-state index contributed by atoms with van der Waals surface area (Å²) < 4.78 is 0. The summed E-state index contributed by atoms with van der Waals surface area (Å²) in [5.74, 6) is 0.805. The Balaban J connectivity index is 1.78. The van der Waals surface area contributed by atoms with E-state index in [1.807, 2.05) is 0 Å². The van der Waals surface area contributed by atoms with E-state index in [4.69, 9.17) is 0 Å². The summed E-state index contributed by atoms with van der Waals surface area (Å²) in [7, 11) is 0. The first kappa shape index (κ1) is 15.8. The second kappa shape index (κ2) is 7.47. The fourth-order valence-electron chi connectivity index (χ4n) is 4.22. The lowest BCUT2D eigenvalue weighted by atomic mass is 9.80. The Morgan fingerprint density at radius 2 is 1.68 bits per heavy atom. The van der Waals surface area contributed by atoms with Crippen molar-refractivity contribution >= 4 is 11.8 Å². The number of amides is 2. The predicted molar refractivity (Wildman–Crippen MR) is 86.3 cm³/mol. The lowest BCUT2D eigenvalue weighted by Crippen LogP contribution is -2.53. The number of carbonyl (C=O) groups is 2. The third kappa shape index (κ3) is 3.47. The Hall–Kier alpha value is -1.06. The maximum Gasteiger partial charge on any atom is 0.225 e. The van der Waals surface area contributed by atoms with Crippen molar-refractivity contribution in [3.8, 4) is 0 Å². The molecule has 0 aromatic heterocycles. The van der Waals surface area contributed by atoms with Gasteiger partial charge in [0.15, 0.2) is 0 Å². The zero-order valence-electron chi connectivity index (χ0n) is 13.7. The van der Waals surface area contributed by atoms with E-state index in [2.05, 4.69) is 10.2 Å². The van der Waals surface area contributed by atoms with Crippen molar-refractivity contribution in [2.45, 2.75) is 76.7 Å². The maximum absolute atomic E-state index is 12.9. The van der Waals surface area contributed by atoms with Crippen molar-refractivity contribution < 1.29 is 9.59 Å². The fraction of sp³-hybridized carbons (Fsp3) is 0.889. The summed E-state index contributed by atoms with van der Waals surface area (Å²) in [5.41, 5.74) is 0. The summed E-state index contributed by atoms with van der Waals surface area (Å²) in [6.45, 7) is 1.67. The highest BCUT2D eigenvalue weighted by Gasteiger charge is 2.39. The van der Waals surface area contributed by atoms with E-state index in [0.29, 0.717) is 5.91 Å². The van der Waals surface area contributed by atoms with Crippen LogP contribution in [0.4, 0.5) is 0 Å². The molecule has 0 unspecified atom stereocenters. The lowest BCUT2D eigenvalue weighted by Gasteiger charge is -2.42. The number of fused-ring (bicyclic) bond motifs is 1. The first-order chi connectivity index (χ1) is 10.8. The highest BCUT2D eigenvalue weighted by molar-refractivity contribution is 5.83. The van der Waals surface area contributed by atoms with Crippen LogP contribution >= 0.6 is 0 Å². The Morgan fingerprint density at radius 3 is 2.45 bits per heavy atom. The van der Waals surface area contributed by atoms with Gasteiger partial charge in [0.1, 0.15) is 0 Å². The average Bonchev–Trinajstić information content (AvgIpc) is 2.50. The van der Waals surface area contributed by atoms with Gasteiger partial charge in [-0.2, -0.15) is 0 Å². The van der Waals surface area contributed by atoms with Crippen molar-refractivity contribution in [3.63, 3.8) is 0 Å². The highest BCUT2D eigenvalue weighted by atomic mass is 16.2. The van der Waals surface area contributed by atoms with Gasteiger partial charge >= 0.3 is 0 Å². The molecule has 124 valence electrons. The molecule has 0 radical (unpaired) electrons. The monoisotopic (exact) mass is 306 g/mol. The molecule has 4 nitrogen and oxygen atoms in total. The zero-order valence-corrected chi connectivity index (χ0v) is 13.7. The van der Waals surface area contributed by atoms with Crippen molar-refractivity contribution in [1.82, 2.24) is 10.2 Å². The molecule has 2 amide bonds. The largest absolute Gasteiger partial charge is 0.356 e. The minimum absolute atomic E-state index is 0.0240. The Bertz CT molecular complexity index is 406. The molecule has 0 aromatic rings. The quantitative estimate of drug-likeness (QED) is 0.810. The van der Waals surface area contributed by atoms with Crippen LogP contribution < -0.4 is 5.32 Å². The molecule has 1 aliphatic heterocycles. The van der Waals surface area contributed by atoms with Crippen LogP contribution in [0, 0.1) is 11.8 Å². The van der Waals surface area contributed by atoms with E-state index in [1.165, 1.54) is 12.8 Å². The first-order valence-electron chi connectivity index (χ1n) is 9.35. The van der Waals surface area contributed by atoms with E-state index in [-0.39, 0.29) is 23.8 Å². The van der Waals surface area contributed by atoms with Gasteiger partial charge in [0.2, 0.25) is 11.8 Å². The van der Waals surface area contributed by atoms with E-state index >= 15 is 0 Å². The van der Waals surface area contributed by atoms with Crippen LogP contribution in [0.2, 0.25) is 0 Å². The third-order valence-electron chi connectivity index (χ3n) is 5.83. The van der Waals surface area contributed by atoms with Gasteiger partial charge in [0, 0.05) is 25.0 Å². The molecule has 2 saturated carbocycles. The van der Waals surface area contributed by atoms with Gasteiger partial charge in [-0.05, 0) is 38.5 Å². The van der Waals surface area contributed by atoms with Gasteiger partial charge in [-0.25, -0.2) is 0 Å². The molecule has 3 rings (SSSR count). The van der Waals surface area contributed by atoms with E-state index in [1.54, 1.807) is 0 Å². The minimum Gasteiger partial charge on any atom is -0.356 e. The second-order valence-electron chi connectivity index (χ2n) is 7.32. The van der Waals surface area contributed by atoms with Crippen LogP contribution in [0.3, 0.4) is 0 Å². The molecule has 1 saturated heterocycles. The first-order valence-corrected chi connectivity index (χ1v) is 9.35. The molecular weight excluding hydrogens is 276 g/mol. The molecule has 22 heavy (non-hydrogen) atoms. The number of hydrogen-bond acceptors (Lipinski definition) is 2. The highest BCUT2D eigenvalue weighted by Crippen LogP contribution is 2.34. The molecule has 0 spiro atoms.